The molecule has 0 radical (unpaired) electrons. The van der Waals surface area contributed by atoms with Crippen molar-refractivity contribution >= 4 is 17.8 Å². The van der Waals surface area contributed by atoms with Crippen molar-refractivity contribution in [2.24, 2.45) is 0 Å². The molecule has 4 rings (SSSR count). The van der Waals surface area contributed by atoms with E-state index in [1.54, 1.807) is 48.5 Å². The first-order valence-corrected chi connectivity index (χ1v) is 8.52. The third-order valence-corrected chi connectivity index (χ3v) is 4.24. The monoisotopic (exact) mass is 356 g/mol. The van der Waals surface area contributed by atoms with Gasteiger partial charge in [-0.1, -0.05) is 48.0 Å². The second-order valence-electron chi connectivity index (χ2n) is 6.26. The molecule has 1 heterocycles. The van der Waals surface area contributed by atoms with Crippen molar-refractivity contribution in [2.45, 2.75) is 6.92 Å². The average Bonchev–Trinajstić information content (AvgIpc) is 2.99. The van der Waals surface area contributed by atoms with Gasteiger partial charge in [0.25, 0.3) is 0 Å². The molecule has 4 nitrogen and oxygen atoms in total. The molecule has 0 aliphatic carbocycles. The first kappa shape index (κ1) is 16.8. The minimum Gasteiger partial charge on any atom is -0.452 e. The van der Waals surface area contributed by atoms with Crippen LogP contribution in [0.4, 0.5) is 0 Å². The smallest absolute Gasteiger partial charge is 0.343 e. The van der Waals surface area contributed by atoms with E-state index in [-0.39, 0.29) is 11.5 Å². The van der Waals surface area contributed by atoms with Gasteiger partial charge in [0.05, 0.1) is 11.1 Å². The van der Waals surface area contributed by atoms with Crippen molar-refractivity contribution in [3.05, 3.63) is 101 Å². The van der Waals surface area contributed by atoms with Crippen LogP contribution in [0.3, 0.4) is 0 Å². The summed E-state index contributed by atoms with van der Waals surface area (Å²) in [6.07, 6.45) is 1.71. The van der Waals surface area contributed by atoms with Gasteiger partial charge in [-0.25, -0.2) is 4.79 Å². The topological polar surface area (TPSA) is 52.6 Å². The number of carbonyl (C=O) groups excluding carboxylic acids is 2. The van der Waals surface area contributed by atoms with Crippen LogP contribution in [0.1, 0.15) is 31.8 Å². The highest BCUT2D eigenvalue weighted by atomic mass is 16.5. The second-order valence-corrected chi connectivity index (χ2v) is 6.26. The normalized spacial score (nSPS) is 14.0. The Balaban J connectivity index is 1.55. The van der Waals surface area contributed by atoms with Crippen LogP contribution >= 0.6 is 0 Å². The Labute approximate surface area is 156 Å². The number of allylic oxidation sites excluding steroid dienone is 1. The van der Waals surface area contributed by atoms with Gasteiger partial charge in [-0.3, -0.25) is 4.79 Å². The summed E-state index contributed by atoms with van der Waals surface area (Å²) in [6, 6.07) is 21.3. The van der Waals surface area contributed by atoms with Gasteiger partial charge < -0.3 is 9.47 Å². The zero-order valence-corrected chi connectivity index (χ0v) is 14.6. The Kier molecular flexibility index (Phi) is 4.30. The summed E-state index contributed by atoms with van der Waals surface area (Å²) >= 11 is 0. The number of fused-ring (bicyclic) bond motifs is 1. The summed E-state index contributed by atoms with van der Waals surface area (Å²) in [5.41, 5.74) is 2.93. The van der Waals surface area contributed by atoms with E-state index in [4.69, 9.17) is 9.47 Å². The van der Waals surface area contributed by atoms with Gasteiger partial charge in [-0.15, -0.1) is 0 Å². The van der Waals surface area contributed by atoms with Crippen LogP contribution in [-0.4, -0.2) is 11.8 Å². The predicted molar refractivity (Wildman–Crippen MR) is 102 cm³/mol. The Morgan fingerprint density at radius 2 is 1.70 bits per heavy atom. The highest BCUT2D eigenvalue weighted by Crippen LogP contribution is 2.35. The third-order valence-electron chi connectivity index (χ3n) is 4.24. The Morgan fingerprint density at radius 1 is 0.963 bits per heavy atom. The molecule has 3 aromatic carbocycles. The summed E-state index contributed by atoms with van der Waals surface area (Å²) in [5.74, 6) is 0.311. The van der Waals surface area contributed by atoms with Crippen molar-refractivity contribution in [2.75, 3.05) is 0 Å². The fourth-order valence-corrected chi connectivity index (χ4v) is 2.78. The molecular formula is C23H16O4. The predicted octanol–water partition coefficient (Wildman–Crippen LogP) is 4.83. The molecule has 0 N–H and O–H groups in total. The number of Topliss-reactive ketones (excluding diaryl/α,β-unsaturated/α-hetero) is 1. The molecule has 27 heavy (non-hydrogen) atoms. The van der Waals surface area contributed by atoms with Crippen LogP contribution in [0.15, 0.2) is 78.6 Å². The van der Waals surface area contributed by atoms with E-state index in [0.717, 1.165) is 11.1 Å². The van der Waals surface area contributed by atoms with Crippen LogP contribution in [0.25, 0.3) is 6.08 Å². The van der Waals surface area contributed by atoms with Gasteiger partial charge in [0, 0.05) is 6.07 Å². The van der Waals surface area contributed by atoms with E-state index in [1.807, 2.05) is 37.3 Å². The van der Waals surface area contributed by atoms with Crippen molar-refractivity contribution in [1.29, 1.82) is 0 Å². The molecule has 3 aromatic rings. The van der Waals surface area contributed by atoms with Gasteiger partial charge in [0.2, 0.25) is 5.78 Å². The summed E-state index contributed by atoms with van der Waals surface area (Å²) in [5, 5.41) is 0. The van der Waals surface area contributed by atoms with Crippen LogP contribution < -0.4 is 9.47 Å². The number of carbonyl (C=O) groups is 2. The highest BCUT2D eigenvalue weighted by Gasteiger charge is 2.28. The van der Waals surface area contributed by atoms with Crippen molar-refractivity contribution in [3.8, 4) is 11.5 Å². The molecule has 0 saturated heterocycles. The van der Waals surface area contributed by atoms with Crippen molar-refractivity contribution in [3.63, 3.8) is 0 Å². The molecule has 4 heteroatoms. The molecule has 132 valence electrons. The minimum absolute atomic E-state index is 0.188. The third kappa shape index (κ3) is 3.51. The van der Waals surface area contributed by atoms with Gasteiger partial charge in [-0.2, -0.15) is 0 Å². The fourth-order valence-electron chi connectivity index (χ4n) is 2.78. The van der Waals surface area contributed by atoms with E-state index in [1.165, 1.54) is 0 Å². The van der Waals surface area contributed by atoms with Gasteiger partial charge >= 0.3 is 5.97 Å². The highest BCUT2D eigenvalue weighted by molar-refractivity contribution is 6.14. The fraction of sp³-hybridized carbons (Fsp3) is 0.0435. The minimum atomic E-state index is -0.463. The number of hydrogen-bond acceptors (Lipinski definition) is 4. The largest absolute Gasteiger partial charge is 0.452 e. The molecule has 0 atom stereocenters. The number of esters is 1. The first-order chi connectivity index (χ1) is 13.1. The maximum absolute atomic E-state index is 12.5. The lowest BCUT2D eigenvalue weighted by atomic mass is 10.1. The van der Waals surface area contributed by atoms with Crippen LogP contribution in [0, 0.1) is 6.92 Å². The van der Waals surface area contributed by atoms with Crippen LogP contribution in [0.5, 0.6) is 11.5 Å². The van der Waals surface area contributed by atoms with Gasteiger partial charge in [-0.05, 0) is 42.8 Å². The molecular weight excluding hydrogens is 340 g/mol. The number of benzene rings is 3. The summed E-state index contributed by atoms with van der Waals surface area (Å²) in [6.45, 7) is 2.00. The second kappa shape index (κ2) is 6.92. The SMILES string of the molecule is Cc1ccc(/C=C2\Oc3cc(OC(=O)c4ccccc4)ccc3C2=O)cc1. The van der Waals surface area contributed by atoms with E-state index in [0.29, 0.717) is 22.6 Å². The molecule has 0 aromatic heterocycles. The lowest BCUT2D eigenvalue weighted by molar-refractivity contribution is 0.0734. The standard InChI is InChI=1S/C23H16O4/c1-15-7-9-16(10-8-15)13-21-22(24)19-12-11-18(14-20(19)27-21)26-23(25)17-5-3-2-4-6-17/h2-14H,1H3/b21-13-. The summed E-state index contributed by atoms with van der Waals surface area (Å²) in [7, 11) is 0. The maximum atomic E-state index is 12.5. The molecule has 0 spiro atoms. The first-order valence-electron chi connectivity index (χ1n) is 8.52. The van der Waals surface area contributed by atoms with Crippen LogP contribution in [0.2, 0.25) is 0 Å². The molecule has 1 aliphatic heterocycles. The van der Waals surface area contributed by atoms with Crippen molar-refractivity contribution in [1.82, 2.24) is 0 Å². The zero-order chi connectivity index (χ0) is 18.8. The molecule has 0 bridgehead atoms. The zero-order valence-electron chi connectivity index (χ0n) is 14.6. The number of aryl methyl sites for hydroxylation is 1. The molecule has 0 amide bonds. The quantitative estimate of drug-likeness (QED) is 0.383. The number of ether oxygens (including phenoxy) is 2. The Morgan fingerprint density at radius 3 is 2.44 bits per heavy atom. The van der Waals surface area contributed by atoms with E-state index >= 15 is 0 Å². The van der Waals surface area contributed by atoms with Crippen molar-refractivity contribution < 1.29 is 19.1 Å². The number of ketones is 1. The van der Waals surface area contributed by atoms with E-state index in [9.17, 15) is 9.59 Å². The lowest BCUT2D eigenvalue weighted by Gasteiger charge is -2.05. The van der Waals surface area contributed by atoms with Gasteiger partial charge in [0.1, 0.15) is 11.5 Å². The average molecular weight is 356 g/mol. The lowest BCUT2D eigenvalue weighted by Crippen LogP contribution is -2.08. The molecule has 0 fully saturated rings. The van der Waals surface area contributed by atoms with Crippen LogP contribution in [-0.2, 0) is 0 Å². The maximum Gasteiger partial charge on any atom is 0.343 e. The molecule has 0 saturated carbocycles. The number of hydrogen-bond donors (Lipinski definition) is 0. The summed E-state index contributed by atoms with van der Waals surface area (Å²) < 4.78 is 11.1. The molecule has 1 aliphatic rings. The van der Waals surface area contributed by atoms with E-state index in [2.05, 4.69) is 0 Å². The molecule has 0 unspecified atom stereocenters. The van der Waals surface area contributed by atoms with Gasteiger partial charge in [0.15, 0.2) is 5.76 Å². The number of rotatable bonds is 3. The van der Waals surface area contributed by atoms with E-state index < -0.39 is 5.97 Å². The Bertz CT molecular complexity index is 1050. The Hall–Kier alpha value is -3.66. The summed E-state index contributed by atoms with van der Waals surface area (Å²) in [4.78, 5) is 24.7.